The van der Waals surface area contributed by atoms with Crippen molar-refractivity contribution in [1.82, 2.24) is 5.32 Å². The lowest BCUT2D eigenvalue weighted by Crippen LogP contribution is -2.25. The van der Waals surface area contributed by atoms with Crippen LogP contribution in [0.5, 0.6) is 0 Å². The molecule has 0 aromatic heterocycles. The summed E-state index contributed by atoms with van der Waals surface area (Å²) in [6.07, 6.45) is 5.08. The van der Waals surface area contributed by atoms with E-state index in [0.717, 1.165) is 35.7 Å². The Kier molecular flexibility index (Phi) is 4.20. The molecule has 1 aliphatic carbocycles. The number of benzene rings is 1. The molecule has 0 atom stereocenters. The lowest BCUT2D eigenvalue weighted by molar-refractivity contribution is 0.0952. The summed E-state index contributed by atoms with van der Waals surface area (Å²) in [5.41, 5.74) is 5.05. The number of hydrogen-bond donors (Lipinski definition) is 3. The third-order valence-electron chi connectivity index (χ3n) is 3.41. The molecule has 4 N–H and O–H groups in total. The van der Waals surface area contributed by atoms with Gasteiger partial charge in [0.2, 0.25) is 0 Å². The lowest BCUT2D eigenvalue weighted by atomic mass is 10.1. The molecule has 98 valence electrons. The Hall–Kier alpha value is -1.55. The summed E-state index contributed by atoms with van der Waals surface area (Å²) in [4.78, 5) is 12.0. The lowest BCUT2D eigenvalue weighted by Gasteiger charge is -2.09. The van der Waals surface area contributed by atoms with Gasteiger partial charge in [0.15, 0.2) is 0 Å². The second-order valence-electron chi connectivity index (χ2n) is 5.02. The van der Waals surface area contributed by atoms with E-state index in [4.69, 9.17) is 5.84 Å². The highest BCUT2D eigenvalue weighted by Crippen LogP contribution is 2.33. The average Bonchev–Trinajstić information content (AvgIpc) is 3.18. The van der Waals surface area contributed by atoms with E-state index in [1.807, 2.05) is 19.1 Å². The highest BCUT2D eigenvalue weighted by Gasteiger charge is 2.20. The van der Waals surface area contributed by atoms with Gasteiger partial charge in [-0.3, -0.25) is 10.6 Å². The Labute approximate surface area is 108 Å². The van der Waals surface area contributed by atoms with Crippen molar-refractivity contribution in [1.29, 1.82) is 0 Å². The molecule has 1 aliphatic rings. The van der Waals surface area contributed by atoms with E-state index in [1.54, 1.807) is 6.07 Å². The van der Waals surface area contributed by atoms with E-state index < -0.39 is 0 Å². The van der Waals surface area contributed by atoms with E-state index >= 15 is 0 Å². The van der Waals surface area contributed by atoms with Gasteiger partial charge in [0.25, 0.3) is 5.91 Å². The number of amides is 1. The first kappa shape index (κ1) is 12.9. The summed E-state index contributed by atoms with van der Waals surface area (Å²) in [6.45, 7) is 2.69. The zero-order chi connectivity index (χ0) is 13.0. The largest absolute Gasteiger partial charge is 0.352 e. The number of nitrogens with one attached hydrogen (secondary N) is 2. The summed E-state index contributed by atoms with van der Waals surface area (Å²) in [6, 6.07) is 5.49. The molecule has 1 aromatic carbocycles. The maximum absolute atomic E-state index is 12.0. The van der Waals surface area contributed by atoms with Gasteiger partial charge in [0.1, 0.15) is 0 Å². The predicted molar refractivity (Wildman–Crippen MR) is 73.3 cm³/mol. The van der Waals surface area contributed by atoms with Gasteiger partial charge < -0.3 is 10.7 Å². The second kappa shape index (κ2) is 5.87. The third kappa shape index (κ3) is 3.47. The SMILES string of the molecule is Cc1cc(NN)ccc1C(=O)NCCCC1CC1. The minimum absolute atomic E-state index is 0.00636. The Balaban J connectivity index is 1.83. The molecule has 18 heavy (non-hydrogen) atoms. The molecule has 0 unspecified atom stereocenters. The molecule has 0 aliphatic heterocycles. The normalized spacial score (nSPS) is 14.3. The first-order valence-corrected chi connectivity index (χ1v) is 6.56. The molecule has 1 fully saturated rings. The van der Waals surface area contributed by atoms with Gasteiger partial charge in [0, 0.05) is 17.8 Å². The molecule has 0 heterocycles. The van der Waals surface area contributed by atoms with Gasteiger partial charge in [0.05, 0.1) is 0 Å². The summed E-state index contributed by atoms with van der Waals surface area (Å²) in [7, 11) is 0. The van der Waals surface area contributed by atoms with Crippen molar-refractivity contribution >= 4 is 11.6 Å². The van der Waals surface area contributed by atoms with Gasteiger partial charge in [-0.1, -0.05) is 12.8 Å². The van der Waals surface area contributed by atoms with Gasteiger partial charge in [-0.25, -0.2) is 0 Å². The first-order valence-electron chi connectivity index (χ1n) is 6.56. The fourth-order valence-electron chi connectivity index (χ4n) is 2.10. The number of nitrogen functional groups attached to an aromatic ring is 1. The van der Waals surface area contributed by atoms with E-state index in [2.05, 4.69) is 10.7 Å². The van der Waals surface area contributed by atoms with E-state index in [-0.39, 0.29) is 5.91 Å². The molecule has 4 heteroatoms. The highest BCUT2D eigenvalue weighted by atomic mass is 16.1. The quantitative estimate of drug-likeness (QED) is 0.410. The highest BCUT2D eigenvalue weighted by molar-refractivity contribution is 5.96. The molecular formula is C14H21N3O. The van der Waals surface area contributed by atoms with Crippen molar-refractivity contribution in [2.45, 2.75) is 32.6 Å². The monoisotopic (exact) mass is 247 g/mol. The van der Waals surface area contributed by atoms with Gasteiger partial charge in [-0.15, -0.1) is 0 Å². The van der Waals surface area contributed by atoms with Crippen molar-refractivity contribution in [3.8, 4) is 0 Å². The van der Waals surface area contributed by atoms with E-state index in [1.165, 1.54) is 19.3 Å². The van der Waals surface area contributed by atoms with Gasteiger partial charge in [-0.2, -0.15) is 0 Å². The van der Waals surface area contributed by atoms with Crippen LogP contribution >= 0.6 is 0 Å². The van der Waals surface area contributed by atoms with Crippen molar-refractivity contribution in [3.05, 3.63) is 29.3 Å². The smallest absolute Gasteiger partial charge is 0.251 e. The van der Waals surface area contributed by atoms with Gasteiger partial charge in [-0.05, 0) is 49.4 Å². The van der Waals surface area contributed by atoms with Crippen LogP contribution in [0.25, 0.3) is 0 Å². The number of carbonyl (C=O) groups is 1. The number of nitrogens with two attached hydrogens (primary N) is 1. The zero-order valence-electron chi connectivity index (χ0n) is 10.8. The summed E-state index contributed by atoms with van der Waals surface area (Å²) < 4.78 is 0. The van der Waals surface area contributed by atoms with Crippen molar-refractivity contribution in [3.63, 3.8) is 0 Å². The molecule has 2 rings (SSSR count). The Morgan fingerprint density at radius 3 is 2.83 bits per heavy atom. The van der Waals surface area contributed by atoms with Crippen LogP contribution in [0.15, 0.2) is 18.2 Å². The topological polar surface area (TPSA) is 67.1 Å². The molecule has 0 bridgehead atoms. The van der Waals surface area contributed by atoms with Crippen LogP contribution in [0, 0.1) is 12.8 Å². The van der Waals surface area contributed by atoms with Crippen LogP contribution < -0.4 is 16.6 Å². The van der Waals surface area contributed by atoms with Crippen LogP contribution in [-0.2, 0) is 0 Å². The van der Waals surface area contributed by atoms with E-state index in [0.29, 0.717) is 0 Å². The van der Waals surface area contributed by atoms with Crippen LogP contribution in [-0.4, -0.2) is 12.5 Å². The fraction of sp³-hybridized carbons (Fsp3) is 0.500. The Bertz CT molecular complexity index is 427. The molecular weight excluding hydrogens is 226 g/mol. The average molecular weight is 247 g/mol. The molecule has 0 radical (unpaired) electrons. The van der Waals surface area contributed by atoms with Crippen LogP contribution in [0.1, 0.15) is 41.6 Å². The van der Waals surface area contributed by atoms with Crippen molar-refractivity contribution in [2.24, 2.45) is 11.8 Å². The zero-order valence-corrected chi connectivity index (χ0v) is 10.8. The number of hydrogen-bond acceptors (Lipinski definition) is 3. The van der Waals surface area contributed by atoms with Crippen LogP contribution in [0.2, 0.25) is 0 Å². The van der Waals surface area contributed by atoms with Crippen LogP contribution in [0.3, 0.4) is 0 Å². The molecule has 0 spiro atoms. The molecule has 1 saturated carbocycles. The molecule has 1 amide bonds. The summed E-state index contributed by atoms with van der Waals surface area (Å²) in [5, 5.41) is 2.97. The van der Waals surface area contributed by atoms with E-state index in [9.17, 15) is 4.79 Å². The minimum atomic E-state index is 0.00636. The molecule has 4 nitrogen and oxygen atoms in total. The second-order valence-corrected chi connectivity index (χ2v) is 5.02. The maximum atomic E-state index is 12.0. The Morgan fingerprint density at radius 2 is 2.22 bits per heavy atom. The van der Waals surface area contributed by atoms with Crippen LogP contribution in [0.4, 0.5) is 5.69 Å². The maximum Gasteiger partial charge on any atom is 0.251 e. The first-order chi connectivity index (χ1) is 8.70. The number of rotatable bonds is 6. The summed E-state index contributed by atoms with van der Waals surface area (Å²) >= 11 is 0. The molecule has 1 aromatic rings. The van der Waals surface area contributed by atoms with Crippen molar-refractivity contribution < 1.29 is 4.79 Å². The number of anilines is 1. The summed E-state index contributed by atoms with van der Waals surface area (Å²) in [5.74, 6) is 6.26. The number of aryl methyl sites for hydroxylation is 1. The Morgan fingerprint density at radius 1 is 1.44 bits per heavy atom. The standard InChI is InChI=1S/C14H21N3O/c1-10-9-12(17-15)6-7-13(10)14(18)16-8-2-3-11-4-5-11/h6-7,9,11,17H,2-5,8,15H2,1H3,(H,16,18). The van der Waals surface area contributed by atoms with Gasteiger partial charge >= 0.3 is 0 Å². The number of hydrazine groups is 1. The van der Waals surface area contributed by atoms with Crippen molar-refractivity contribution in [2.75, 3.05) is 12.0 Å². The fourth-order valence-corrected chi connectivity index (χ4v) is 2.10. The molecule has 0 saturated heterocycles. The predicted octanol–water partition coefficient (Wildman–Crippen LogP) is 2.20. The third-order valence-corrected chi connectivity index (χ3v) is 3.41. The minimum Gasteiger partial charge on any atom is -0.352 e. The number of carbonyl (C=O) groups excluding carboxylic acids is 1.